The third-order valence-corrected chi connectivity index (χ3v) is 7.80. The van der Waals surface area contributed by atoms with Crippen LogP contribution < -0.4 is 38.5 Å². The van der Waals surface area contributed by atoms with Gasteiger partial charge >= 0.3 is 11.9 Å². The predicted octanol–water partition coefficient (Wildman–Crippen LogP) is -2.52. The molecule has 0 aliphatic heterocycles. The molecular formula is C33H50N8O11. The maximum Gasteiger partial charge on any atom is 0.326 e. The quantitative estimate of drug-likeness (QED) is 0.0563. The Morgan fingerprint density at radius 3 is 1.77 bits per heavy atom. The lowest BCUT2D eigenvalue weighted by Gasteiger charge is -2.32. The van der Waals surface area contributed by atoms with Crippen LogP contribution in [-0.2, 0) is 49.6 Å². The number of nitrogens with two attached hydrogens (primary N) is 3. The molecule has 7 amide bonds. The molecule has 288 valence electrons. The Morgan fingerprint density at radius 1 is 0.712 bits per heavy atom. The van der Waals surface area contributed by atoms with E-state index in [1.54, 1.807) is 44.2 Å². The number of primary amides is 2. The number of nitrogens with zero attached hydrogens (tertiary/aromatic N) is 1. The van der Waals surface area contributed by atoms with E-state index in [-0.39, 0.29) is 31.6 Å². The van der Waals surface area contributed by atoms with Crippen molar-refractivity contribution in [2.75, 3.05) is 7.05 Å². The van der Waals surface area contributed by atoms with E-state index in [0.717, 1.165) is 11.9 Å². The number of likely N-dealkylation sites (N-methyl/N-ethyl adjacent to an activating group) is 1. The zero-order valence-electron chi connectivity index (χ0n) is 29.6. The van der Waals surface area contributed by atoms with Crippen LogP contribution in [0.1, 0.15) is 64.9 Å². The molecule has 0 spiro atoms. The molecule has 0 aliphatic rings. The fraction of sp³-hybridized carbons (Fsp3) is 0.545. The van der Waals surface area contributed by atoms with E-state index in [1.807, 2.05) is 0 Å². The largest absolute Gasteiger partial charge is 0.481 e. The third-order valence-electron chi connectivity index (χ3n) is 7.80. The Morgan fingerprint density at radius 2 is 1.25 bits per heavy atom. The first kappa shape index (κ1) is 44.4. The highest BCUT2D eigenvalue weighted by atomic mass is 16.4. The highest BCUT2D eigenvalue weighted by molar-refractivity contribution is 5.97. The first-order valence-corrected chi connectivity index (χ1v) is 16.5. The highest BCUT2D eigenvalue weighted by Crippen LogP contribution is 2.13. The van der Waals surface area contributed by atoms with Gasteiger partial charge in [0, 0.05) is 26.3 Å². The molecule has 0 heterocycles. The Bertz CT molecular complexity index is 1460. The van der Waals surface area contributed by atoms with Gasteiger partial charge in [0.1, 0.15) is 30.2 Å². The number of carbonyl (C=O) groups excluding carboxylic acids is 7. The van der Waals surface area contributed by atoms with Gasteiger partial charge in [-0.3, -0.25) is 38.4 Å². The van der Waals surface area contributed by atoms with Crippen LogP contribution in [0.5, 0.6) is 0 Å². The van der Waals surface area contributed by atoms with Gasteiger partial charge in [0.2, 0.25) is 41.4 Å². The Kier molecular flexibility index (Phi) is 18.4. The van der Waals surface area contributed by atoms with Gasteiger partial charge in [-0.05, 0) is 37.7 Å². The number of benzene rings is 1. The molecule has 0 saturated carbocycles. The molecule has 0 saturated heterocycles. The van der Waals surface area contributed by atoms with E-state index in [0.29, 0.717) is 5.56 Å². The first-order chi connectivity index (χ1) is 24.2. The molecule has 12 N–H and O–H groups in total. The number of carboxylic acid groups (broad SMARTS) is 2. The lowest BCUT2D eigenvalue weighted by atomic mass is 10.0. The SMILES string of the molecule is CC(C)C[C@H](NC(=O)[C@H](Cc1ccccc1)NC(=O)[C@H](C)NC(=O)[C@H](CCC(N)=O)N(C)C(=O)[C@H](CCC(N)=O)NC(=O)[C@@H](N)CC(=O)O)C(=O)O. The number of nitrogens with one attached hydrogen (secondary N) is 4. The van der Waals surface area contributed by atoms with Crippen LogP contribution in [0.3, 0.4) is 0 Å². The second-order valence-electron chi connectivity index (χ2n) is 12.8. The minimum absolute atomic E-state index is 0.0277. The molecule has 0 aromatic heterocycles. The monoisotopic (exact) mass is 734 g/mol. The summed E-state index contributed by atoms with van der Waals surface area (Å²) < 4.78 is 0. The van der Waals surface area contributed by atoms with Crippen molar-refractivity contribution >= 4 is 53.3 Å². The summed E-state index contributed by atoms with van der Waals surface area (Å²) in [7, 11) is 1.16. The minimum Gasteiger partial charge on any atom is -0.481 e. The van der Waals surface area contributed by atoms with Crippen molar-refractivity contribution in [1.29, 1.82) is 0 Å². The molecule has 0 bridgehead atoms. The van der Waals surface area contributed by atoms with Crippen molar-refractivity contribution in [3.63, 3.8) is 0 Å². The van der Waals surface area contributed by atoms with E-state index in [4.69, 9.17) is 22.3 Å². The fourth-order valence-electron chi connectivity index (χ4n) is 4.98. The zero-order valence-corrected chi connectivity index (χ0v) is 29.6. The van der Waals surface area contributed by atoms with Crippen molar-refractivity contribution in [3.05, 3.63) is 35.9 Å². The van der Waals surface area contributed by atoms with E-state index in [9.17, 15) is 48.3 Å². The summed E-state index contributed by atoms with van der Waals surface area (Å²) in [5.74, 6) is -8.90. The van der Waals surface area contributed by atoms with Crippen LogP contribution in [0, 0.1) is 5.92 Å². The highest BCUT2D eigenvalue weighted by Gasteiger charge is 2.35. The van der Waals surface area contributed by atoms with E-state index in [2.05, 4.69) is 21.3 Å². The Labute approximate surface area is 300 Å². The number of rotatable bonds is 23. The van der Waals surface area contributed by atoms with E-state index < -0.39 is 109 Å². The first-order valence-electron chi connectivity index (χ1n) is 16.5. The molecule has 6 atom stereocenters. The Hall–Kier alpha value is -5.59. The molecule has 0 radical (unpaired) electrons. The molecule has 0 unspecified atom stereocenters. The van der Waals surface area contributed by atoms with Gasteiger partial charge in [0.25, 0.3) is 0 Å². The number of hydrogen-bond acceptors (Lipinski definition) is 10. The zero-order chi connectivity index (χ0) is 39.7. The summed E-state index contributed by atoms with van der Waals surface area (Å²) in [6.45, 7) is 4.86. The summed E-state index contributed by atoms with van der Waals surface area (Å²) in [6.07, 6.45) is -2.14. The van der Waals surface area contributed by atoms with Gasteiger partial charge in [-0.15, -0.1) is 0 Å². The molecule has 0 aliphatic carbocycles. The van der Waals surface area contributed by atoms with Crippen LogP contribution in [0.2, 0.25) is 0 Å². The molecule has 1 aromatic rings. The minimum atomic E-state index is -1.56. The summed E-state index contributed by atoms with van der Waals surface area (Å²) in [6, 6.07) is 0.216. The second kappa shape index (κ2) is 21.6. The van der Waals surface area contributed by atoms with Gasteiger partial charge in [0.05, 0.1) is 12.5 Å². The van der Waals surface area contributed by atoms with Crippen LogP contribution >= 0.6 is 0 Å². The molecule has 52 heavy (non-hydrogen) atoms. The maximum atomic E-state index is 13.6. The fourth-order valence-corrected chi connectivity index (χ4v) is 4.98. The molecule has 19 nitrogen and oxygen atoms in total. The number of carboxylic acids is 2. The number of aliphatic carboxylic acids is 2. The summed E-state index contributed by atoms with van der Waals surface area (Å²) >= 11 is 0. The van der Waals surface area contributed by atoms with Gasteiger partial charge in [0.15, 0.2) is 0 Å². The summed E-state index contributed by atoms with van der Waals surface area (Å²) in [5, 5.41) is 28.3. The summed E-state index contributed by atoms with van der Waals surface area (Å²) in [5.41, 5.74) is 16.8. The van der Waals surface area contributed by atoms with Gasteiger partial charge in [-0.1, -0.05) is 44.2 Å². The average molecular weight is 735 g/mol. The van der Waals surface area contributed by atoms with Crippen molar-refractivity contribution in [2.45, 2.75) is 102 Å². The standard InChI is InChI=1S/C33H50N8O11/c1-17(2)14-23(33(51)52)40-30(48)22(15-19-8-6-5-7-9-19)39-28(46)18(3)37-31(49)24(11-13-26(36)43)41(4)32(50)21(10-12-25(35)42)38-29(47)20(34)16-27(44)45/h5-9,17-18,20-24H,10-16,34H2,1-4H3,(H2,35,42)(H2,36,43)(H,37,49)(H,38,47)(H,39,46)(H,40,48)(H,44,45)(H,51,52)/t18-,20-,21-,22-,23-,24-/m0/s1. The maximum absolute atomic E-state index is 13.6. The van der Waals surface area contributed by atoms with Gasteiger partial charge in [-0.2, -0.15) is 0 Å². The van der Waals surface area contributed by atoms with Gasteiger partial charge < -0.3 is 53.6 Å². The molecule has 1 rings (SSSR count). The van der Waals surface area contributed by atoms with Gasteiger partial charge in [-0.25, -0.2) is 4.79 Å². The van der Waals surface area contributed by atoms with Crippen molar-refractivity contribution < 1.29 is 53.4 Å². The number of hydrogen-bond donors (Lipinski definition) is 9. The normalized spacial score (nSPS) is 14.3. The molecule has 19 heteroatoms. The number of amides is 7. The van der Waals surface area contributed by atoms with E-state index in [1.165, 1.54) is 6.92 Å². The van der Waals surface area contributed by atoms with Crippen LogP contribution in [0.4, 0.5) is 0 Å². The predicted molar refractivity (Wildman–Crippen MR) is 184 cm³/mol. The van der Waals surface area contributed by atoms with Crippen LogP contribution in [-0.4, -0.2) is 112 Å². The topological polar surface area (TPSA) is 324 Å². The van der Waals surface area contributed by atoms with Crippen molar-refractivity contribution in [3.8, 4) is 0 Å². The van der Waals surface area contributed by atoms with Crippen LogP contribution in [0.25, 0.3) is 0 Å². The molecule has 0 fully saturated rings. The van der Waals surface area contributed by atoms with E-state index >= 15 is 0 Å². The average Bonchev–Trinajstić information content (AvgIpc) is 3.04. The van der Waals surface area contributed by atoms with Crippen molar-refractivity contribution in [1.82, 2.24) is 26.2 Å². The smallest absolute Gasteiger partial charge is 0.326 e. The third kappa shape index (κ3) is 16.0. The Balaban J connectivity index is 3.27. The summed E-state index contributed by atoms with van der Waals surface area (Å²) in [4.78, 5) is 113. The lowest BCUT2D eigenvalue weighted by Crippen LogP contribution is -2.59. The molecule has 1 aromatic carbocycles. The lowest BCUT2D eigenvalue weighted by molar-refractivity contribution is -0.144. The number of carbonyl (C=O) groups is 9. The second-order valence-corrected chi connectivity index (χ2v) is 12.8. The van der Waals surface area contributed by atoms with Crippen LogP contribution in [0.15, 0.2) is 30.3 Å². The molecular weight excluding hydrogens is 684 g/mol. The van der Waals surface area contributed by atoms with Crippen molar-refractivity contribution in [2.24, 2.45) is 23.1 Å².